The van der Waals surface area contributed by atoms with Gasteiger partial charge in [0.2, 0.25) is 0 Å². The Morgan fingerprint density at radius 1 is 1.45 bits per heavy atom. The molecule has 0 bridgehead atoms. The van der Waals surface area contributed by atoms with E-state index < -0.39 is 9.84 Å². The molecule has 0 spiro atoms. The maximum Gasteiger partial charge on any atom is 0.178 e. The van der Waals surface area contributed by atoms with Crippen LogP contribution in [-0.4, -0.2) is 42.9 Å². The molecule has 22 heavy (non-hydrogen) atoms. The first kappa shape index (κ1) is 15.5. The number of halogens is 1. The predicted octanol–water partition coefficient (Wildman–Crippen LogP) is 2.46. The van der Waals surface area contributed by atoms with Gasteiger partial charge < -0.3 is 0 Å². The Hall–Kier alpha value is -1.37. The van der Waals surface area contributed by atoms with Crippen molar-refractivity contribution in [3.05, 3.63) is 46.7 Å². The minimum absolute atomic E-state index is 0.173. The second-order valence-corrected chi connectivity index (χ2v) is 8.19. The highest BCUT2D eigenvalue weighted by molar-refractivity contribution is 7.90. The van der Waals surface area contributed by atoms with E-state index in [4.69, 9.17) is 11.6 Å². The van der Waals surface area contributed by atoms with Crippen molar-refractivity contribution >= 4 is 21.4 Å². The third-order valence-corrected chi connectivity index (χ3v) is 5.37. The molecule has 118 valence electrons. The van der Waals surface area contributed by atoms with E-state index in [9.17, 15) is 8.42 Å². The highest BCUT2D eigenvalue weighted by atomic mass is 35.5. The molecule has 0 amide bonds. The maximum atomic E-state index is 11.8. The summed E-state index contributed by atoms with van der Waals surface area (Å²) in [4.78, 5) is 2.63. The Kier molecular flexibility index (Phi) is 4.25. The molecule has 5 nitrogen and oxygen atoms in total. The zero-order valence-electron chi connectivity index (χ0n) is 12.3. The fraction of sp³-hybridized carbons (Fsp3) is 0.400. The van der Waals surface area contributed by atoms with E-state index >= 15 is 0 Å². The van der Waals surface area contributed by atoms with Gasteiger partial charge in [0, 0.05) is 30.3 Å². The van der Waals surface area contributed by atoms with Crippen LogP contribution < -0.4 is 0 Å². The molecule has 1 aromatic carbocycles. The minimum Gasteiger partial charge on any atom is -0.298 e. The lowest BCUT2D eigenvalue weighted by molar-refractivity contribution is 0.326. The molecule has 1 atom stereocenters. The quantitative estimate of drug-likeness (QED) is 0.929. The van der Waals surface area contributed by atoms with Crippen LogP contribution in [0, 0.1) is 0 Å². The Bertz CT molecular complexity index is 773. The second kappa shape index (κ2) is 6.02. The lowest BCUT2D eigenvalue weighted by atomic mass is 10.1. The lowest BCUT2D eigenvalue weighted by Crippen LogP contribution is -2.20. The summed E-state index contributed by atoms with van der Waals surface area (Å²) in [6, 6.07) is 7.83. The topological polar surface area (TPSA) is 66.1 Å². The van der Waals surface area contributed by atoms with Crippen LogP contribution in [0.3, 0.4) is 0 Å². The third-order valence-electron chi connectivity index (χ3n) is 4.01. The largest absolute Gasteiger partial charge is 0.298 e. The zero-order chi connectivity index (χ0) is 15.7. The number of sulfone groups is 1. The van der Waals surface area contributed by atoms with Crippen molar-refractivity contribution in [2.75, 3.05) is 19.3 Å². The number of benzene rings is 1. The Morgan fingerprint density at radius 3 is 3.00 bits per heavy atom. The van der Waals surface area contributed by atoms with Gasteiger partial charge in [-0.25, -0.2) is 8.42 Å². The van der Waals surface area contributed by atoms with Crippen LogP contribution in [0.5, 0.6) is 0 Å². The number of H-pyrrole nitrogens is 1. The Labute approximate surface area is 135 Å². The Morgan fingerprint density at radius 2 is 2.27 bits per heavy atom. The molecule has 1 fully saturated rings. The smallest absolute Gasteiger partial charge is 0.178 e. The van der Waals surface area contributed by atoms with Gasteiger partial charge in [-0.05, 0) is 30.7 Å². The SMILES string of the molecule is CS(=O)(=O)c1cn[nH]c1[C@@H]1CCN(Cc2cccc(Cl)c2)C1. The molecular formula is C15H18ClN3O2S. The summed E-state index contributed by atoms with van der Waals surface area (Å²) in [6.07, 6.45) is 3.55. The van der Waals surface area contributed by atoms with Crippen molar-refractivity contribution in [2.24, 2.45) is 0 Å². The van der Waals surface area contributed by atoms with Gasteiger partial charge in [-0.15, -0.1) is 0 Å². The van der Waals surface area contributed by atoms with E-state index in [1.807, 2.05) is 18.2 Å². The van der Waals surface area contributed by atoms with E-state index in [0.717, 1.165) is 36.8 Å². The molecule has 2 aromatic rings. The van der Waals surface area contributed by atoms with Crippen LogP contribution >= 0.6 is 11.6 Å². The molecule has 1 aromatic heterocycles. The maximum absolute atomic E-state index is 11.8. The molecule has 0 radical (unpaired) electrons. The molecule has 7 heteroatoms. The van der Waals surface area contributed by atoms with Crippen LogP contribution in [0.1, 0.15) is 23.6 Å². The van der Waals surface area contributed by atoms with Crippen LogP contribution in [0.15, 0.2) is 35.4 Å². The summed E-state index contributed by atoms with van der Waals surface area (Å²) in [5.74, 6) is 0.173. The molecular weight excluding hydrogens is 322 g/mol. The first-order chi connectivity index (χ1) is 10.4. The number of aromatic amines is 1. The van der Waals surface area contributed by atoms with Crippen LogP contribution in [0.4, 0.5) is 0 Å². The first-order valence-electron chi connectivity index (χ1n) is 7.13. The molecule has 0 saturated carbocycles. The average Bonchev–Trinajstić information content (AvgIpc) is 3.05. The number of rotatable bonds is 4. The number of hydrogen-bond acceptors (Lipinski definition) is 4. The molecule has 0 aliphatic carbocycles. The van der Waals surface area contributed by atoms with Gasteiger partial charge >= 0.3 is 0 Å². The van der Waals surface area contributed by atoms with Gasteiger partial charge in [0.1, 0.15) is 4.90 Å². The predicted molar refractivity (Wildman–Crippen MR) is 85.8 cm³/mol. The normalized spacial score (nSPS) is 19.6. The summed E-state index contributed by atoms with van der Waals surface area (Å²) in [5.41, 5.74) is 1.90. The number of nitrogens with one attached hydrogen (secondary N) is 1. The molecule has 3 rings (SSSR count). The monoisotopic (exact) mass is 339 g/mol. The van der Waals surface area contributed by atoms with E-state index in [0.29, 0.717) is 4.90 Å². The fourth-order valence-electron chi connectivity index (χ4n) is 2.98. The number of nitrogens with zero attached hydrogens (tertiary/aromatic N) is 2. The van der Waals surface area contributed by atoms with Gasteiger partial charge in [-0.3, -0.25) is 10.00 Å². The van der Waals surface area contributed by atoms with Gasteiger partial charge in [0.15, 0.2) is 9.84 Å². The zero-order valence-corrected chi connectivity index (χ0v) is 13.9. The fourth-order valence-corrected chi connectivity index (χ4v) is 4.05. The average molecular weight is 340 g/mol. The van der Waals surface area contributed by atoms with Gasteiger partial charge in [0.25, 0.3) is 0 Å². The third kappa shape index (κ3) is 3.34. The standard InChI is InChI=1S/C15H18ClN3O2S/c1-22(20,21)14-8-17-18-15(14)12-5-6-19(10-12)9-11-3-2-4-13(16)7-11/h2-4,7-8,12H,5-6,9-10H2,1H3,(H,17,18)/t12-/m1/s1. The lowest BCUT2D eigenvalue weighted by Gasteiger charge is -2.16. The minimum atomic E-state index is -3.24. The van der Waals surface area contributed by atoms with Gasteiger partial charge in [-0.1, -0.05) is 23.7 Å². The van der Waals surface area contributed by atoms with Crippen molar-refractivity contribution in [1.29, 1.82) is 0 Å². The summed E-state index contributed by atoms with van der Waals surface area (Å²) in [5, 5.41) is 7.52. The summed E-state index contributed by atoms with van der Waals surface area (Å²) in [6.45, 7) is 2.57. The molecule has 1 N–H and O–H groups in total. The number of hydrogen-bond donors (Lipinski definition) is 1. The van der Waals surface area contributed by atoms with Crippen molar-refractivity contribution in [1.82, 2.24) is 15.1 Å². The van der Waals surface area contributed by atoms with Crippen LogP contribution in [0.2, 0.25) is 5.02 Å². The Balaban J connectivity index is 1.72. The summed E-state index contributed by atoms with van der Waals surface area (Å²) < 4.78 is 23.6. The summed E-state index contributed by atoms with van der Waals surface area (Å²) >= 11 is 6.01. The van der Waals surface area contributed by atoms with Crippen LogP contribution in [0.25, 0.3) is 0 Å². The highest BCUT2D eigenvalue weighted by Crippen LogP contribution is 2.31. The second-order valence-electron chi connectivity index (χ2n) is 5.77. The van der Waals surface area contributed by atoms with Crippen molar-refractivity contribution in [3.8, 4) is 0 Å². The molecule has 0 unspecified atom stereocenters. The number of aromatic nitrogens is 2. The van der Waals surface area contributed by atoms with E-state index in [2.05, 4.69) is 21.2 Å². The van der Waals surface area contributed by atoms with Crippen LogP contribution in [-0.2, 0) is 16.4 Å². The molecule has 2 heterocycles. The van der Waals surface area contributed by atoms with Gasteiger partial charge in [-0.2, -0.15) is 5.10 Å². The van der Waals surface area contributed by atoms with Crippen molar-refractivity contribution < 1.29 is 8.42 Å². The summed E-state index contributed by atoms with van der Waals surface area (Å²) in [7, 11) is -3.24. The van der Waals surface area contributed by atoms with E-state index in [-0.39, 0.29) is 5.92 Å². The van der Waals surface area contributed by atoms with Gasteiger partial charge in [0.05, 0.1) is 11.9 Å². The van der Waals surface area contributed by atoms with E-state index in [1.165, 1.54) is 18.0 Å². The van der Waals surface area contributed by atoms with E-state index in [1.54, 1.807) is 0 Å². The highest BCUT2D eigenvalue weighted by Gasteiger charge is 2.29. The van der Waals surface area contributed by atoms with Crippen molar-refractivity contribution in [2.45, 2.75) is 23.8 Å². The first-order valence-corrected chi connectivity index (χ1v) is 9.40. The number of likely N-dealkylation sites (tertiary alicyclic amines) is 1. The molecule has 1 saturated heterocycles. The van der Waals surface area contributed by atoms with Crippen molar-refractivity contribution in [3.63, 3.8) is 0 Å². The molecule has 1 aliphatic heterocycles. The molecule has 1 aliphatic rings.